The van der Waals surface area contributed by atoms with E-state index in [-0.39, 0.29) is 25.2 Å². The summed E-state index contributed by atoms with van der Waals surface area (Å²) < 4.78 is 49.4. The van der Waals surface area contributed by atoms with E-state index in [1.54, 1.807) is 12.1 Å². The van der Waals surface area contributed by atoms with E-state index in [1.807, 2.05) is 0 Å². The maximum Gasteiger partial charge on any atom is 0 e. The number of hydrogen-bond acceptors (Lipinski definition) is 8. The molecule has 17 heteroatoms. The molecule has 0 aliphatic rings. The first-order chi connectivity index (χ1) is 17.4. The van der Waals surface area contributed by atoms with Gasteiger partial charge in [0, 0.05) is 36.4 Å². The number of rotatable bonds is 5. The molecule has 0 atom stereocenters. The van der Waals surface area contributed by atoms with Crippen LogP contribution in [-0.2, 0) is 34.4 Å². The van der Waals surface area contributed by atoms with Crippen LogP contribution >= 0.6 is 30.2 Å². The fourth-order valence-corrected chi connectivity index (χ4v) is 3.26. The van der Waals surface area contributed by atoms with Crippen molar-refractivity contribution in [1.82, 2.24) is 9.44 Å². The zero-order chi connectivity index (χ0) is 30.5. The van der Waals surface area contributed by atoms with Crippen LogP contribution in [-0.4, -0.2) is 58.1 Å². The number of benzene rings is 2. The second-order valence-corrected chi connectivity index (χ2v) is 16.9. The first-order valence-electron chi connectivity index (χ1n) is 9.96. The van der Waals surface area contributed by atoms with Crippen LogP contribution in [0.1, 0.15) is 25.1 Å². The van der Waals surface area contributed by atoms with E-state index in [1.165, 1.54) is 64.3 Å². The molecule has 0 aliphatic carbocycles. The predicted molar refractivity (Wildman–Crippen MR) is 160 cm³/mol. The van der Waals surface area contributed by atoms with Gasteiger partial charge in [0.25, 0.3) is 5.97 Å². The molecule has 6 N–H and O–H groups in total. The van der Waals surface area contributed by atoms with Crippen LogP contribution in [0.4, 0.5) is 11.4 Å². The molecule has 0 radical (unpaired) electrons. The second kappa shape index (κ2) is 22.3. The minimum absolute atomic E-state index is 0. The summed E-state index contributed by atoms with van der Waals surface area (Å²) >= 11 is 7.59. The summed E-state index contributed by atoms with van der Waals surface area (Å²) in [7, 11) is -4.02. The van der Waals surface area contributed by atoms with Crippen LogP contribution < -0.4 is 37.7 Å². The number of nitrogens with one attached hydrogen (secondary N) is 3. The number of anilines is 2. The van der Waals surface area contributed by atoms with Crippen LogP contribution in [0.2, 0.25) is 0 Å². The predicted octanol–water partition coefficient (Wildman–Crippen LogP) is 0.386. The monoisotopic (exact) mass is 833 g/mol. The number of sulfonamides is 2. The Kier molecular flexibility index (Phi) is 24.0. The standard InChI is InChI=1S/C9H12N2O3S.C7H10N2O2S.C2H3ClO.C2H4O2.CH3I2.3H2/c1-7(12)11-8-3-5-9(6-4-8)15(13,14)10-2;1-9-12(10,11)7-4-2-6(8)3-5-7;2*1-2(3)4;1-3-2;;;/h3-6,10H,1-2H3,(H,11,12);2-5,9H,8H2,1H3;1H3;1H3,(H,3,4);1H3;3*1H/q;;;;-1;;;/i;;;;;3*1+2. The number of halogens is 3. The molecule has 0 saturated heterocycles. The zero-order valence-electron chi connectivity index (χ0n) is 21.5. The summed E-state index contributed by atoms with van der Waals surface area (Å²) in [6.07, 6.45) is 0. The van der Waals surface area contributed by atoms with Crippen molar-refractivity contribution in [3.05, 3.63) is 48.5 Å². The van der Waals surface area contributed by atoms with Crippen molar-refractivity contribution in [3.63, 3.8) is 0 Å². The number of hydrogen-bond donors (Lipinski definition) is 5. The Morgan fingerprint density at radius 3 is 1.37 bits per heavy atom. The molecule has 1 amide bonds. The van der Waals surface area contributed by atoms with E-state index < -0.39 is 26.0 Å². The van der Waals surface area contributed by atoms with Gasteiger partial charge in [-0.1, -0.05) is 0 Å². The first-order valence-corrected chi connectivity index (χ1v) is 21.7. The smallest absolute Gasteiger partial charge is 0 e. The molecule has 12 nitrogen and oxygen atoms in total. The first kappa shape index (κ1) is 40.9. The summed E-state index contributed by atoms with van der Waals surface area (Å²) in [5.74, 6) is -1.03. The number of carbonyl (C=O) groups is 3. The third kappa shape index (κ3) is 23.5. The number of carboxylic acids is 1. The van der Waals surface area contributed by atoms with Crippen LogP contribution in [0, 0.1) is 0 Å². The van der Waals surface area contributed by atoms with Crippen molar-refractivity contribution in [1.29, 1.82) is 0 Å². The van der Waals surface area contributed by atoms with Crippen LogP contribution in [0.25, 0.3) is 0 Å². The zero-order valence-corrected chi connectivity index (χ0v) is 28.2. The van der Waals surface area contributed by atoms with Gasteiger partial charge >= 0.3 is 40.8 Å². The van der Waals surface area contributed by atoms with Gasteiger partial charge < -0.3 is 16.2 Å². The Hall–Kier alpha value is -1.58. The van der Waals surface area contributed by atoms with Gasteiger partial charge in [-0.3, -0.25) is 14.4 Å². The third-order valence-corrected chi connectivity index (χ3v) is 6.07. The molecule has 2 rings (SSSR count). The number of aliphatic carboxylic acids is 1. The van der Waals surface area contributed by atoms with E-state index in [0.717, 1.165) is 6.92 Å². The van der Waals surface area contributed by atoms with Crippen molar-refractivity contribution in [2.45, 2.75) is 30.6 Å². The van der Waals surface area contributed by atoms with E-state index >= 15 is 0 Å². The largest absolute Gasteiger partial charge is 0 e. The fraction of sp³-hybridized carbons (Fsp3) is 0.286. The minimum Gasteiger partial charge on any atom is 0 e. The molecule has 0 aliphatic heterocycles. The van der Waals surface area contributed by atoms with Gasteiger partial charge in [-0.15, -0.1) is 0 Å². The van der Waals surface area contributed by atoms with Crippen molar-refractivity contribution in [2.24, 2.45) is 0 Å². The number of alkyl halides is 1. The van der Waals surface area contributed by atoms with Gasteiger partial charge in [0.15, 0.2) is 0 Å². The van der Waals surface area contributed by atoms with Crippen LogP contribution in [0.3, 0.4) is 0 Å². The molecule has 0 spiro atoms. The van der Waals surface area contributed by atoms with E-state index in [9.17, 15) is 26.4 Å². The van der Waals surface area contributed by atoms with Crippen LogP contribution in [0.15, 0.2) is 58.3 Å². The Labute approximate surface area is 253 Å². The van der Waals surface area contributed by atoms with Gasteiger partial charge in [-0.25, -0.2) is 26.3 Å². The number of amides is 1. The van der Waals surface area contributed by atoms with Gasteiger partial charge in [-0.05, 0) is 74.2 Å². The minimum atomic E-state index is -3.41. The number of nitrogens with two attached hydrogens (primary N) is 1. The SMILES string of the molecule is CC(=O)Cl.CC(=O)O.CNS(=O)(=O)c1ccc(N)cc1.CNS(=O)(=O)c1ccc(NC(C)=O)cc1.C[I-]I.[3HH].[3HH].[3HH]. The molecule has 0 heterocycles. The summed E-state index contributed by atoms with van der Waals surface area (Å²) in [6.45, 7) is 3.76. The molecule has 2 aromatic carbocycles. The van der Waals surface area contributed by atoms with Crippen molar-refractivity contribution < 1.29 is 57.8 Å². The average molecular weight is 834 g/mol. The molecular formula is C21H38ClI2N4O8S2-. The Balaban J connectivity index is -0.000000105. The van der Waals surface area contributed by atoms with Crippen molar-refractivity contribution in [2.75, 3.05) is 30.1 Å². The fourth-order valence-electron chi connectivity index (χ4n) is 1.80. The van der Waals surface area contributed by atoms with Gasteiger partial charge in [0.2, 0.25) is 31.2 Å². The molecule has 0 aromatic heterocycles. The molecule has 38 heavy (non-hydrogen) atoms. The molecule has 0 fully saturated rings. The maximum absolute atomic E-state index is 11.3. The topological polar surface area (TPSA) is 202 Å². The summed E-state index contributed by atoms with van der Waals surface area (Å²) in [6, 6.07) is 11.9. The third-order valence-electron chi connectivity index (χ3n) is 3.21. The second-order valence-electron chi connectivity index (χ2n) is 6.32. The maximum atomic E-state index is 11.3. The molecule has 0 saturated carbocycles. The number of carboxylic acid groups (broad SMARTS) is 1. The quantitative estimate of drug-likeness (QED) is 0.122. The van der Waals surface area contributed by atoms with Gasteiger partial charge in [0.05, 0.1) is 9.79 Å². The molecule has 224 valence electrons. The molecular weight excluding hydrogens is 790 g/mol. The Bertz CT molecular complexity index is 1190. The Morgan fingerprint density at radius 2 is 1.13 bits per heavy atom. The van der Waals surface area contributed by atoms with E-state index in [2.05, 4.69) is 49.9 Å². The average Bonchev–Trinajstić information content (AvgIpc) is 2.79. The number of nitrogen functional groups attached to an aromatic ring is 1. The van der Waals surface area contributed by atoms with Gasteiger partial charge in [-0.2, -0.15) is 0 Å². The molecule has 0 bridgehead atoms. The normalized spacial score (nSPS) is 9.89. The molecule has 0 unspecified atom stereocenters. The summed E-state index contributed by atoms with van der Waals surface area (Å²) in [5.41, 5.74) is 6.51. The summed E-state index contributed by atoms with van der Waals surface area (Å²) in [4.78, 5) is 31.5. The van der Waals surface area contributed by atoms with E-state index in [0.29, 0.717) is 28.6 Å². The van der Waals surface area contributed by atoms with Gasteiger partial charge in [0.1, 0.15) is 0 Å². The van der Waals surface area contributed by atoms with Crippen molar-refractivity contribution in [3.8, 4) is 0 Å². The number of carbonyl (C=O) groups excluding carboxylic acids is 2. The Morgan fingerprint density at radius 1 is 0.868 bits per heavy atom. The van der Waals surface area contributed by atoms with E-state index in [4.69, 9.17) is 15.6 Å². The summed E-state index contributed by atoms with van der Waals surface area (Å²) in [5, 5.41) is 9.60. The van der Waals surface area contributed by atoms with Crippen molar-refractivity contribution >= 4 is 78.8 Å². The van der Waals surface area contributed by atoms with Crippen LogP contribution in [0.5, 0.6) is 0 Å². The molecule has 2 aromatic rings.